The monoisotopic (exact) mass is 315 g/mol. The van der Waals surface area contributed by atoms with E-state index in [0.29, 0.717) is 11.5 Å². The smallest absolute Gasteiger partial charge is 0.173 e. The van der Waals surface area contributed by atoms with Gasteiger partial charge in [0.1, 0.15) is 5.69 Å². The maximum atomic E-state index is 9.97. The third-order valence-electron chi connectivity index (χ3n) is 4.38. The number of benzene rings is 3. The fourth-order valence-corrected chi connectivity index (χ4v) is 3.14. The highest BCUT2D eigenvalue weighted by atomic mass is 16.5. The summed E-state index contributed by atoms with van der Waals surface area (Å²) in [4.78, 5) is 0. The first kappa shape index (κ1) is 14.7. The molecular formula is C21H17NO2. The van der Waals surface area contributed by atoms with E-state index >= 15 is 0 Å². The Bertz CT molecular complexity index is 1010. The van der Waals surface area contributed by atoms with Crippen molar-refractivity contribution in [3.8, 4) is 22.6 Å². The Morgan fingerprint density at radius 2 is 1.58 bits per heavy atom. The van der Waals surface area contributed by atoms with Crippen LogP contribution in [0.2, 0.25) is 0 Å². The molecule has 4 aromatic rings. The Morgan fingerprint density at radius 3 is 2.42 bits per heavy atom. The first-order chi connectivity index (χ1) is 11.8. The van der Waals surface area contributed by atoms with E-state index in [1.165, 1.54) is 0 Å². The standard InChI is InChI=1S/C21H17NO2/c1-14-7-2-4-10-16(14)21-19(13-23)20(22-24-21)18-12-6-9-15-8-3-5-11-17(15)18/h2-12,23H,13H2,1H3. The van der Waals surface area contributed by atoms with Gasteiger partial charge < -0.3 is 9.63 Å². The molecule has 0 amide bonds. The molecule has 24 heavy (non-hydrogen) atoms. The van der Waals surface area contributed by atoms with Crippen LogP contribution < -0.4 is 0 Å². The second kappa shape index (κ2) is 5.95. The molecule has 0 aliphatic rings. The molecule has 0 saturated carbocycles. The van der Waals surface area contributed by atoms with Gasteiger partial charge in [-0.05, 0) is 23.3 Å². The minimum absolute atomic E-state index is 0.119. The molecule has 0 bridgehead atoms. The number of hydrogen-bond acceptors (Lipinski definition) is 3. The lowest BCUT2D eigenvalue weighted by atomic mass is 9.97. The van der Waals surface area contributed by atoms with E-state index in [1.807, 2.05) is 55.5 Å². The summed E-state index contributed by atoms with van der Waals surface area (Å²) in [5.41, 5.74) is 4.45. The van der Waals surface area contributed by atoms with Crippen molar-refractivity contribution in [1.82, 2.24) is 5.16 Å². The molecule has 1 N–H and O–H groups in total. The highest BCUT2D eigenvalue weighted by Gasteiger charge is 2.20. The number of aliphatic hydroxyl groups is 1. The van der Waals surface area contributed by atoms with E-state index in [2.05, 4.69) is 23.4 Å². The fraction of sp³-hybridized carbons (Fsp3) is 0.0952. The highest BCUT2D eigenvalue weighted by Crippen LogP contribution is 2.36. The summed E-state index contributed by atoms with van der Waals surface area (Å²) < 4.78 is 5.65. The number of nitrogens with zero attached hydrogens (tertiary/aromatic N) is 1. The molecule has 0 spiro atoms. The predicted octanol–water partition coefficient (Wildman–Crippen LogP) is 4.96. The van der Waals surface area contributed by atoms with Crippen molar-refractivity contribution in [1.29, 1.82) is 0 Å². The number of fused-ring (bicyclic) bond motifs is 1. The molecule has 0 radical (unpaired) electrons. The number of aryl methyl sites for hydroxylation is 1. The van der Waals surface area contributed by atoms with Crippen molar-refractivity contribution < 1.29 is 9.63 Å². The van der Waals surface area contributed by atoms with Gasteiger partial charge in [0.2, 0.25) is 0 Å². The molecule has 0 atom stereocenters. The van der Waals surface area contributed by atoms with Crippen LogP contribution in [0.15, 0.2) is 71.3 Å². The lowest BCUT2D eigenvalue weighted by Crippen LogP contribution is -1.91. The number of rotatable bonds is 3. The Hall–Kier alpha value is -2.91. The van der Waals surface area contributed by atoms with Crippen LogP contribution in [0.4, 0.5) is 0 Å². The molecule has 1 heterocycles. The van der Waals surface area contributed by atoms with E-state index in [9.17, 15) is 5.11 Å². The third-order valence-corrected chi connectivity index (χ3v) is 4.38. The molecule has 0 unspecified atom stereocenters. The minimum atomic E-state index is -0.119. The first-order valence-electron chi connectivity index (χ1n) is 7.93. The topological polar surface area (TPSA) is 46.3 Å². The van der Waals surface area contributed by atoms with Gasteiger partial charge in [-0.15, -0.1) is 0 Å². The first-order valence-corrected chi connectivity index (χ1v) is 7.93. The zero-order chi connectivity index (χ0) is 16.5. The van der Waals surface area contributed by atoms with E-state index in [0.717, 1.165) is 33.0 Å². The van der Waals surface area contributed by atoms with E-state index in [1.54, 1.807) is 0 Å². The zero-order valence-electron chi connectivity index (χ0n) is 13.4. The SMILES string of the molecule is Cc1ccccc1-c1onc(-c2cccc3ccccc23)c1CO. The second-order valence-electron chi connectivity index (χ2n) is 5.84. The molecule has 3 nitrogen and oxygen atoms in total. The third kappa shape index (κ3) is 2.30. The van der Waals surface area contributed by atoms with Crippen molar-refractivity contribution in [3.63, 3.8) is 0 Å². The minimum Gasteiger partial charge on any atom is -0.391 e. The van der Waals surface area contributed by atoms with Gasteiger partial charge in [-0.3, -0.25) is 0 Å². The molecule has 0 aliphatic heterocycles. The fourth-order valence-electron chi connectivity index (χ4n) is 3.14. The highest BCUT2D eigenvalue weighted by molar-refractivity contribution is 5.97. The maximum Gasteiger partial charge on any atom is 0.173 e. The summed E-state index contributed by atoms with van der Waals surface area (Å²) in [7, 11) is 0. The summed E-state index contributed by atoms with van der Waals surface area (Å²) in [6.45, 7) is 1.91. The van der Waals surface area contributed by atoms with Crippen LogP contribution in [0.3, 0.4) is 0 Å². The zero-order valence-corrected chi connectivity index (χ0v) is 13.4. The van der Waals surface area contributed by atoms with Crippen LogP contribution >= 0.6 is 0 Å². The summed E-state index contributed by atoms with van der Waals surface area (Å²) in [6, 6.07) is 22.2. The number of aliphatic hydroxyl groups excluding tert-OH is 1. The average molecular weight is 315 g/mol. The molecule has 0 fully saturated rings. The molecule has 3 aromatic carbocycles. The molecule has 4 rings (SSSR count). The Kier molecular flexibility index (Phi) is 3.63. The van der Waals surface area contributed by atoms with Gasteiger partial charge >= 0.3 is 0 Å². The van der Waals surface area contributed by atoms with Gasteiger partial charge in [-0.1, -0.05) is 71.9 Å². The molecule has 1 aromatic heterocycles. The Labute approximate surface area is 140 Å². The van der Waals surface area contributed by atoms with Crippen LogP contribution in [0.5, 0.6) is 0 Å². The van der Waals surface area contributed by atoms with Crippen molar-refractivity contribution in [2.75, 3.05) is 0 Å². The van der Waals surface area contributed by atoms with Crippen molar-refractivity contribution in [2.24, 2.45) is 0 Å². The van der Waals surface area contributed by atoms with Gasteiger partial charge in [0.15, 0.2) is 5.76 Å². The maximum absolute atomic E-state index is 9.97. The van der Waals surface area contributed by atoms with Gasteiger partial charge in [-0.2, -0.15) is 0 Å². The predicted molar refractivity (Wildman–Crippen MR) is 95.5 cm³/mol. The van der Waals surface area contributed by atoms with Crippen LogP contribution in [0.25, 0.3) is 33.4 Å². The van der Waals surface area contributed by atoms with Crippen LogP contribution in [0.1, 0.15) is 11.1 Å². The van der Waals surface area contributed by atoms with E-state index < -0.39 is 0 Å². The van der Waals surface area contributed by atoms with E-state index in [-0.39, 0.29) is 6.61 Å². The molecule has 3 heteroatoms. The lowest BCUT2D eigenvalue weighted by Gasteiger charge is -2.06. The van der Waals surface area contributed by atoms with Gasteiger partial charge in [-0.25, -0.2) is 0 Å². The van der Waals surface area contributed by atoms with E-state index in [4.69, 9.17) is 4.52 Å². The van der Waals surface area contributed by atoms with Gasteiger partial charge in [0.05, 0.1) is 12.2 Å². The number of aromatic nitrogens is 1. The van der Waals surface area contributed by atoms with Gasteiger partial charge in [0, 0.05) is 11.1 Å². The Balaban J connectivity index is 1.96. The normalized spacial score (nSPS) is 11.1. The largest absolute Gasteiger partial charge is 0.391 e. The second-order valence-corrected chi connectivity index (χ2v) is 5.84. The molecule has 0 saturated heterocycles. The molecule has 0 aliphatic carbocycles. The summed E-state index contributed by atoms with van der Waals surface area (Å²) in [5.74, 6) is 0.638. The quantitative estimate of drug-likeness (QED) is 0.581. The summed E-state index contributed by atoms with van der Waals surface area (Å²) in [6.07, 6.45) is 0. The van der Waals surface area contributed by atoms with Gasteiger partial charge in [0.25, 0.3) is 0 Å². The summed E-state index contributed by atoms with van der Waals surface area (Å²) >= 11 is 0. The number of hydrogen-bond donors (Lipinski definition) is 1. The molecule has 118 valence electrons. The van der Waals surface area contributed by atoms with Crippen molar-refractivity contribution >= 4 is 10.8 Å². The van der Waals surface area contributed by atoms with Crippen LogP contribution in [-0.4, -0.2) is 10.3 Å². The lowest BCUT2D eigenvalue weighted by molar-refractivity contribution is 0.281. The summed E-state index contributed by atoms with van der Waals surface area (Å²) in [5, 5.41) is 16.5. The van der Waals surface area contributed by atoms with Crippen molar-refractivity contribution in [2.45, 2.75) is 13.5 Å². The Morgan fingerprint density at radius 1 is 0.875 bits per heavy atom. The van der Waals surface area contributed by atoms with Crippen molar-refractivity contribution in [3.05, 3.63) is 77.9 Å². The molecular weight excluding hydrogens is 298 g/mol. The van der Waals surface area contributed by atoms with Crippen LogP contribution in [-0.2, 0) is 6.61 Å². The van der Waals surface area contributed by atoms with Crippen LogP contribution in [0, 0.1) is 6.92 Å². The average Bonchev–Trinajstić information content (AvgIpc) is 3.05.